The van der Waals surface area contributed by atoms with Gasteiger partial charge in [-0.15, -0.1) is 0 Å². The summed E-state index contributed by atoms with van der Waals surface area (Å²) in [5.74, 6) is 2.99. The van der Waals surface area contributed by atoms with Crippen LogP contribution in [0.3, 0.4) is 0 Å². The maximum absolute atomic E-state index is 5.89. The molecule has 0 spiro atoms. The normalized spacial score (nSPS) is 12.5. The molecule has 1 heterocycles. The first kappa shape index (κ1) is 12.6. The van der Waals surface area contributed by atoms with Crippen molar-refractivity contribution < 1.29 is 0 Å². The van der Waals surface area contributed by atoms with E-state index in [1.165, 1.54) is 5.75 Å². The number of hydrogen-bond acceptors (Lipinski definition) is 4. The lowest BCUT2D eigenvalue weighted by molar-refractivity contribution is 0.765. The Kier molecular flexibility index (Phi) is 5.79. The number of halogens is 1. The number of rotatable bonds is 6. The zero-order chi connectivity index (χ0) is 11.1. The molecule has 0 bridgehead atoms. The Hall–Kier alpha value is -0.480. The van der Waals surface area contributed by atoms with Gasteiger partial charge in [-0.3, -0.25) is 0 Å². The molecule has 1 aromatic heterocycles. The van der Waals surface area contributed by atoms with Crippen LogP contribution in [-0.4, -0.2) is 27.5 Å². The summed E-state index contributed by atoms with van der Waals surface area (Å²) in [4.78, 5) is 8.10. The fraction of sp³-hybridized carbons (Fsp3) is 0.600. The van der Waals surface area contributed by atoms with E-state index in [1.54, 1.807) is 12.4 Å². The molecular formula is C10H16ClN3S. The van der Waals surface area contributed by atoms with Crippen LogP contribution in [0.15, 0.2) is 12.4 Å². The van der Waals surface area contributed by atoms with Gasteiger partial charge < -0.3 is 5.32 Å². The molecule has 1 N–H and O–H groups in total. The van der Waals surface area contributed by atoms with Crippen molar-refractivity contribution in [3.8, 4) is 0 Å². The summed E-state index contributed by atoms with van der Waals surface area (Å²) < 4.78 is 0. The summed E-state index contributed by atoms with van der Waals surface area (Å²) in [6.07, 6.45) is 4.33. The van der Waals surface area contributed by atoms with E-state index in [9.17, 15) is 0 Å². The highest BCUT2D eigenvalue weighted by atomic mass is 35.5. The van der Waals surface area contributed by atoms with Crippen molar-refractivity contribution in [3.63, 3.8) is 0 Å². The molecule has 0 saturated carbocycles. The number of nitrogens with zero attached hydrogens (tertiary/aromatic N) is 2. The molecule has 5 heteroatoms. The van der Waals surface area contributed by atoms with Gasteiger partial charge in [0.25, 0.3) is 0 Å². The van der Waals surface area contributed by atoms with Crippen LogP contribution in [0.25, 0.3) is 0 Å². The highest BCUT2D eigenvalue weighted by molar-refractivity contribution is 7.99. The molecule has 0 aliphatic rings. The first-order valence-corrected chi connectivity index (χ1v) is 6.58. The first-order valence-electron chi connectivity index (χ1n) is 5.04. The quantitative estimate of drug-likeness (QED) is 0.782. The predicted octanol–water partition coefficient (Wildman–Crippen LogP) is 3.07. The zero-order valence-corrected chi connectivity index (χ0v) is 10.6. The highest BCUT2D eigenvalue weighted by Gasteiger charge is 2.06. The Balaban J connectivity index is 2.37. The van der Waals surface area contributed by atoms with Crippen LogP contribution in [0.5, 0.6) is 0 Å². The van der Waals surface area contributed by atoms with Crippen LogP contribution in [0.2, 0.25) is 5.15 Å². The second kappa shape index (κ2) is 6.90. The van der Waals surface area contributed by atoms with Crippen LogP contribution >= 0.6 is 23.4 Å². The number of nitrogens with one attached hydrogen (secondary N) is 1. The summed E-state index contributed by atoms with van der Waals surface area (Å²) in [6, 6.07) is 0.373. The summed E-state index contributed by atoms with van der Waals surface area (Å²) >= 11 is 7.83. The third kappa shape index (κ3) is 4.71. The Morgan fingerprint density at radius 2 is 2.20 bits per heavy atom. The van der Waals surface area contributed by atoms with Crippen LogP contribution in [0.1, 0.15) is 20.3 Å². The number of hydrogen-bond donors (Lipinski definition) is 1. The van der Waals surface area contributed by atoms with Gasteiger partial charge in [-0.25, -0.2) is 9.97 Å². The Labute approximate surface area is 100 Å². The standard InChI is InChI=1S/C10H16ClN3S/c1-3-15-7-4-8(2)14-10-9(11)12-5-6-13-10/h5-6,8H,3-4,7H2,1-2H3,(H,13,14). The fourth-order valence-corrected chi connectivity index (χ4v) is 2.10. The number of thioether (sulfide) groups is 1. The molecule has 1 aromatic rings. The van der Waals surface area contributed by atoms with Crippen molar-refractivity contribution in [3.05, 3.63) is 17.5 Å². The molecule has 0 amide bonds. The molecule has 0 saturated heterocycles. The van der Waals surface area contributed by atoms with Gasteiger partial charge in [0, 0.05) is 18.4 Å². The van der Waals surface area contributed by atoms with E-state index in [-0.39, 0.29) is 0 Å². The van der Waals surface area contributed by atoms with Crippen molar-refractivity contribution in [2.45, 2.75) is 26.3 Å². The van der Waals surface area contributed by atoms with E-state index >= 15 is 0 Å². The predicted molar refractivity (Wildman–Crippen MR) is 67.7 cm³/mol. The Bertz CT molecular complexity index is 296. The Morgan fingerprint density at radius 3 is 2.87 bits per heavy atom. The average Bonchev–Trinajstić information content (AvgIpc) is 2.22. The summed E-state index contributed by atoms with van der Waals surface area (Å²) in [5.41, 5.74) is 0. The van der Waals surface area contributed by atoms with Crippen molar-refractivity contribution in [2.24, 2.45) is 0 Å². The van der Waals surface area contributed by atoms with E-state index in [2.05, 4.69) is 29.1 Å². The molecule has 0 fully saturated rings. The van der Waals surface area contributed by atoms with Gasteiger partial charge in [-0.2, -0.15) is 11.8 Å². The third-order valence-electron chi connectivity index (χ3n) is 1.94. The minimum Gasteiger partial charge on any atom is -0.365 e. The molecule has 3 nitrogen and oxygen atoms in total. The van der Waals surface area contributed by atoms with Crippen LogP contribution < -0.4 is 5.32 Å². The van der Waals surface area contributed by atoms with Crippen molar-refractivity contribution in [2.75, 3.05) is 16.8 Å². The molecule has 1 rings (SSSR count). The topological polar surface area (TPSA) is 37.8 Å². The second-order valence-corrected chi connectivity index (χ2v) is 4.98. The fourth-order valence-electron chi connectivity index (χ4n) is 1.13. The molecule has 15 heavy (non-hydrogen) atoms. The number of aromatic nitrogens is 2. The van der Waals surface area contributed by atoms with Crippen LogP contribution in [0.4, 0.5) is 5.82 Å². The van der Waals surface area contributed by atoms with Crippen molar-refractivity contribution in [1.29, 1.82) is 0 Å². The first-order chi connectivity index (χ1) is 7.24. The molecule has 0 aliphatic heterocycles. The summed E-state index contributed by atoms with van der Waals surface area (Å²) in [7, 11) is 0. The largest absolute Gasteiger partial charge is 0.365 e. The maximum atomic E-state index is 5.89. The smallest absolute Gasteiger partial charge is 0.171 e. The van der Waals surface area contributed by atoms with E-state index in [4.69, 9.17) is 11.6 Å². The van der Waals surface area contributed by atoms with E-state index in [1.807, 2.05) is 11.8 Å². The molecule has 0 aromatic carbocycles. The molecule has 1 atom stereocenters. The summed E-state index contributed by atoms with van der Waals surface area (Å²) in [6.45, 7) is 4.30. The van der Waals surface area contributed by atoms with Gasteiger partial charge in [0.1, 0.15) is 0 Å². The molecule has 84 valence electrons. The third-order valence-corrected chi connectivity index (χ3v) is 3.15. The van der Waals surface area contributed by atoms with Gasteiger partial charge in [0.2, 0.25) is 0 Å². The molecular weight excluding hydrogens is 230 g/mol. The van der Waals surface area contributed by atoms with Crippen LogP contribution in [-0.2, 0) is 0 Å². The Morgan fingerprint density at radius 1 is 1.47 bits per heavy atom. The zero-order valence-electron chi connectivity index (χ0n) is 9.03. The molecule has 1 unspecified atom stereocenters. The molecule has 0 radical (unpaired) electrons. The SMILES string of the molecule is CCSCCC(C)Nc1nccnc1Cl. The lowest BCUT2D eigenvalue weighted by atomic mass is 10.2. The average molecular weight is 246 g/mol. The maximum Gasteiger partial charge on any atom is 0.171 e. The lowest BCUT2D eigenvalue weighted by Crippen LogP contribution is -2.17. The van der Waals surface area contributed by atoms with E-state index in [0.717, 1.165) is 12.2 Å². The summed E-state index contributed by atoms with van der Waals surface area (Å²) in [5, 5.41) is 3.69. The van der Waals surface area contributed by atoms with E-state index in [0.29, 0.717) is 17.0 Å². The van der Waals surface area contributed by atoms with Crippen molar-refractivity contribution >= 4 is 29.2 Å². The van der Waals surface area contributed by atoms with E-state index < -0.39 is 0 Å². The molecule has 0 aliphatic carbocycles. The minimum atomic E-state index is 0.373. The highest BCUT2D eigenvalue weighted by Crippen LogP contribution is 2.16. The van der Waals surface area contributed by atoms with Crippen molar-refractivity contribution in [1.82, 2.24) is 9.97 Å². The van der Waals surface area contributed by atoms with Gasteiger partial charge in [0.15, 0.2) is 11.0 Å². The van der Waals surface area contributed by atoms with Gasteiger partial charge in [-0.05, 0) is 24.9 Å². The lowest BCUT2D eigenvalue weighted by Gasteiger charge is -2.14. The van der Waals surface area contributed by atoms with Gasteiger partial charge in [-0.1, -0.05) is 18.5 Å². The van der Waals surface area contributed by atoms with Gasteiger partial charge >= 0.3 is 0 Å². The minimum absolute atomic E-state index is 0.373. The second-order valence-electron chi connectivity index (χ2n) is 3.23. The number of anilines is 1. The van der Waals surface area contributed by atoms with Crippen LogP contribution in [0, 0.1) is 0 Å². The monoisotopic (exact) mass is 245 g/mol. The van der Waals surface area contributed by atoms with Gasteiger partial charge in [0.05, 0.1) is 0 Å².